The van der Waals surface area contributed by atoms with E-state index >= 15 is 0 Å². The van der Waals surface area contributed by atoms with Crippen LogP contribution in [0.4, 0.5) is 13.2 Å². The van der Waals surface area contributed by atoms with Gasteiger partial charge in [-0.3, -0.25) is 9.20 Å². The molecule has 5 rings (SSSR count). The largest absolute Gasteiger partial charge is 0.417 e. The van der Waals surface area contributed by atoms with Crippen molar-refractivity contribution in [1.29, 1.82) is 0 Å². The summed E-state index contributed by atoms with van der Waals surface area (Å²) in [6.07, 6.45) is -2.00. The molecular weight excluding hydrogens is 423 g/mol. The molecule has 1 atom stereocenters. The van der Waals surface area contributed by atoms with Gasteiger partial charge in [-0.1, -0.05) is 5.21 Å². The van der Waals surface area contributed by atoms with E-state index in [0.717, 1.165) is 24.2 Å². The van der Waals surface area contributed by atoms with Crippen molar-refractivity contribution >= 4 is 22.6 Å². The lowest BCUT2D eigenvalue weighted by Gasteiger charge is -2.32. The third-order valence-corrected chi connectivity index (χ3v) is 5.89. The van der Waals surface area contributed by atoms with Gasteiger partial charge in [0.05, 0.1) is 11.1 Å². The van der Waals surface area contributed by atoms with Crippen LogP contribution in [0.3, 0.4) is 0 Å². The number of hydrogen-bond acceptors (Lipinski definition) is 5. The van der Waals surface area contributed by atoms with E-state index in [-0.39, 0.29) is 11.8 Å². The number of benzene rings is 1. The highest BCUT2D eigenvalue weighted by Gasteiger charge is 2.33. The molecule has 3 aromatic heterocycles. The Labute approximate surface area is 180 Å². The predicted molar refractivity (Wildman–Crippen MR) is 109 cm³/mol. The molecular formula is C21H20F3N7O. The van der Waals surface area contributed by atoms with Crippen molar-refractivity contribution in [1.82, 2.24) is 34.5 Å². The number of aromatic nitrogens is 6. The number of halogens is 3. The molecule has 11 heteroatoms. The first-order valence-electron chi connectivity index (χ1n) is 10.4. The van der Waals surface area contributed by atoms with Gasteiger partial charge in [-0.05, 0) is 50.1 Å². The third kappa shape index (κ3) is 3.47. The Morgan fingerprint density at radius 2 is 2.00 bits per heavy atom. The molecule has 1 fully saturated rings. The van der Waals surface area contributed by atoms with E-state index in [2.05, 4.69) is 20.5 Å². The molecule has 4 heterocycles. The molecule has 4 aromatic rings. The highest BCUT2D eigenvalue weighted by Crippen LogP contribution is 2.31. The minimum atomic E-state index is -4.46. The number of carbonyl (C=O) groups excluding carboxylic acids is 1. The van der Waals surface area contributed by atoms with Crippen LogP contribution in [0.1, 0.15) is 47.4 Å². The maximum absolute atomic E-state index is 13.2. The zero-order valence-corrected chi connectivity index (χ0v) is 17.2. The average molecular weight is 443 g/mol. The Bertz CT molecular complexity index is 1310. The number of fused-ring (bicyclic) bond motifs is 2. The number of alkyl halides is 3. The number of aryl methyl sites for hydroxylation is 1. The summed E-state index contributed by atoms with van der Waals surface area (Å²) in [4.78, 5) is 14.9. The highest BCUT2D eigenvalue weighted by molar-refractivity contribution is 5.97. The summed E-state index contributed by atoms with van der Waals surface area (Å²) < 4.78 is 42.6. The second-order valence-electron chi connectivity index (χ2n) is 7.90. The van der Waals surface area contributed by atoms with Crippen molar-refractivity contribution in [3.05, 3.63) is 53.5 Å². The molecule has 0 bridgehead atoms. The standard InChI is InChI=1S/C21H20F3N7O/c1-2-31-17-7-5-13(10-16(17)25-28-31)20(32)29-9-3-4-14(11-29)19-27-26-18-8-6-15(12-30(18)19)21(22,23)24/h5-8,10,12,14H,2-4,9,11H2,1H3. The van der Waals surface area contributed by atoms with E-state index in [4.69, 9.17) is 0 Å². The Morgan fingerprint density at radius 3 is 2.78 bits per heavy atom. The third-order valence-electron chi connectivity index (χ3n) is 5.89. The summed E-state index contributed by atoms with van der Waals surface area (Å²) >= 11 is 0. The Balaban J connectivity index is 1.41. The maximum Gasteiger partial charge on any atom is 0.417 e. The van der Waals surface area contributed by atoms with Crippen molar-refractivity contribution in [2.75, 3.05) is 13.1 Å². The van der Waals surface area contributed by atoms with Gasteiger partial charge in [-0.2, -0.15) is 13.2 Å². The number of nitrogens with zero attached hydrogens (tertiary/aromatic N) is 7. The van der Waals surface area contributed by atoms with Crippen LogP contribution in [-0.2, 0) is 12.7 Å². The van der Waals surface area contributed by atoms with Crippen LogP contribution in [0.25, 0.3) is 16.7 Å². The quantitative estimate of drug-likeness (QED) is 0.484. The fourth-order valence-electron chi connectivity index (χ4n) is 4.25. The maximum atomic E-state index is 13.2. The summed E-state index contributed by atoms with van der Waals surface area (Å²) in [6, 6.07) is 7.62. The lowest BCUT2D eigenvalue weighted by molar-refractivity contribution is -0.137. The second kappa shape index (κ2) is 7.57. The Hall–Kier alpha value is -3.50. The molecule has 0 N–H and O–H groups in total. The van der Waals surface area contributed by atoms with Crippen molar-refractivity contribution < 1.29 is 18.0 Å². The van der Waals surface area contributed by atoms with Gasteiger partial charge in [0.2, 0.25) is 0 Å². The summed E-state index contributed by atoms with van der Waals surface area (Å²) in [6.45, 7) is 3.57. The van der Waals surface area contributed by atoms with E-state index < -0.39 is 11.7 Å². The molecule has 1 amide bonds. The first-order valence-corrected chi connectivity index (χ1v) is 10.4. The molecule has 32 heavy (non-hydrogen) atoms. The van der Waals surface area contributed by atoms with Gasteiger partial charge in [0.25, 0.3) is 5.91 Å². The number of piperidine rings is 1. The summed E-state index contributed by atoms with van der Waals surface area (Å²) in [5.74, 6) is 0.0771. The molecule has 1 saturated heterocycles. The summed E-state index contributed by atoms with van der Waals surface area (Å²) in [5.41, 5.74) is 1.60. The lowest BCUT2D eigenvalue weighted by atomic mass is 9.96. The van der Waals surface area contributed by atoms with Crippen LogP contribution in [0.15, 0.2) is 36.5 Å². The average Bonchev–Trinajstić information content (AvgIpc) is 3.41. The van der Waals surface area contributed by atoms with Crippen LogP contribution < -0.4 is 0 Å². The van der Waals surface area contributed by atoms with Crippen LogP contribution >= 0.6 is 0 Å². The van der Waals surface area contributed by atoms with Crippen molar-refractivity contribution in [2.24, 2.45) is 0 Å². The van der Waals surface area contributed by atoms with Crippen molar-refractivity contribution in [3.8, 4) is 0 Å². The number of carbonyl (C=O) groups is 1. The zero-order valence-electron chi connectivity index (χ0n) is 17.2. The van der Waals surface area contributed by atoms with Crippen molar-refractivity contribution in [2.45, 2.75) is 38.4 Å². The van der Waals surface area contributed by atoms with Crippen LogP contribution in [0.2, 0.25) is 0 Å². The SMILES string of the molecule is CCn1nnc2cc(C(=O)N3CCCC(c4nnc5ccc(C(F)(F)F)cn45)C3)ccc21. The molecule has 0 aliphatic carbocycles. The molecule has 0 spiro atoms. The van der Waals surface area contributed by atoms with E-state index in [1.165, 1.54) is 10.5 Å². The van der Waals surface area contributed by atoms with Gasteiger partial charge in [-0.15, -0.1) is 15.3 Å². The van der Waals surface area contributed by atoms with E-state index in [9.17, 15) is 18.0 Å². The number of pyridine rings is 1. The monoisotopic (exact) mass is 443 g/mol. The fourth-order valence-corrected chi connectivity index (χ4v) is 4.25. The molecule has 0 radical (unpaired) electrons. The number of amides is 1. The topological polar surface area (TPSA) is 81.2 Å². The molecule has 0 saturated carbocycles. The first kappa shape index (κ1) is 20.4. The Morgan fingerprint density at radius 1 is 1.16 bits per heavy atom. The van der Waals surface area contributed by atoms with Crippen LogP contribution in [-0.4, -0.2) is 53.5 Å². The molecule has 1 aromatic carbocycles. The molecule has 166 valence electrons. The van der Waals surface area contributed by atoms with Crippen LogP contribution in [0, 0.1) is 0 Å². The van der Waals surface area contributed by atoms with E-state index in [1.54, 1.807) is 21.7 Å². The highest BCUT2D eigenvalue weighted by atomic mass is 19.4. The molecule has 1 aliphatic rings. The van der Waals surface area contributed by atoms with Gasteiger partial charge in [0, 0.05) is 37.3 Å². The smallest absolute Gasteiger partial charge is 0.338 e. The summed E-state index contributed by atoms with van der Waals surface area (Å²) in [5, 5.41) is 16.4. The lowest BCUT2D eigenvalue weighted by Crippen LogP contribution is -2.39. The van der Waals surface area contributed by atoms with Gasteiger partial charge < -0.3 is 4.90 Å². The minimum absolute atomic E-state index is 0.146. The van der Waals surface area contributed by atoms with Gasteiger partial charge in [-0.25, -0.2) is 4.68 Å². The van der Waals surface area contributed by atoms with E-state index in [1.807, 2.05) is 13.0 Å². The molecule has 1 aliphatic heterocycles. The number of likely N-dealkylation sites (tertiary alicyclic amines) is 1. The zero-order chi connectivity index (χ0) is 22.5. The molecule has 1 unspecified atom stereocenters. The number of hydrogen-bond donors (Lipinski definition) is 0. The summed E-state index contributed by atoms with van der Waals surface area (Å²) in [7, 11) is 0. The van der Waals surface area contributed by atoms with Crippen molar-refractivity contribution in [3.63, 3.8) is 0 Å². The van der Waals surface area contributed by atoms with Gasteiger partial charge >= 0.3 is 6.18 Å². The van der Waals surface area contributed by atoms with E-state index in [0.29, 0.717) is 48.6 Å². The normalized spacial score (nSPS) is 17.4. The number of rotatable bonds is 3. The fraction of sp³-hybridized carbons (Fsp3) is 0.381. The van der Waals surface area contributed by atoms with Gasteiger partial charge in [0.1, 0.15) is 11.3 Å². The Kier molecular flexibility index (Phi) is 4.83. The van der Waals surface area contributed by atoms with Gasteiger partial charge in [0.15, 0.2) is 5.65 Å². The van der Waals surface area contributed by atoms with Crippen LogP contribution in [0.5, 0.6) is 0 Å². The minimum Gasteiger partial charge on any atom is -0.338 e. The first-order chi connectivity index (χ1) is 15.3. The second-order valence-corrected chi connectivity index (χ2v) is 7.90. The molecule has 8 nitrogen and oxygen atoms in total. The predicted octanol–water partition coefficient (Wildman–Crippen LogP) is 3.53.